The van der Waals surface area contributed by atoms with Gasteiger partial charge in [-0.1, -0.05) is 18.2 Å². The van der Waals surface area contributed by atoms with Gasteiger partial charge in [0, 0.05) is 37.8 Å². The quantitative estimate of drug-likeness (QED) is 0.785. The van der Waals surface area contributed by atoms with Crippen molar-refractivity contribution >= 4 is 30.0 Å². The van der Waals surface area contributed by atoms with Gasteiger partial charge in [-0.2, -0.15) is 0 Å². The molecule has 1 saturated heterocycles. The molecule has 0 aliphatic carbocycles. The highest BCUT2D eigenvalue weighted by Crippen LogP contribution is 2.12. The van der Waals surface area contributed by atoms with E-state index in [4.69, 9.17) is 5.73 Å². The van der Waals surface area contributed by atoms with Crippen molar-refractivity contribution in [2.24, 2.45) is 5.73 Å². The van der Waals surface area contributed by atoms with Crippen molar-refractivity contribution < 1.29 is 9.59 Å². The predicted molar refractivity (Wildman–Crippen MR) is 89.1 cm³/mol. The van der Waals surface area contributed by atoms with Gasteiger partial charge in [-0.3, -0.25) is 4.79 Å². The van der Waals surface area contributed by atoms with Crippen LogP contribution in [-0.2, 0) is 4.79 Å². The van der Waals surface area contributed by atoms with E-state index in [2.05, 4.69) is 10.6 Å². The van der Waals surface area contributed by atoms with Crippen LogP contribution in [0.25, 0.3) is 0 Å². The number of piperidine rings is 1. The lowest BCUT2D eigenvalue weighted by atomic mass is 10.0. The molecule has 0 radical (unpaired) electrons. The maximum atomic E-state index is 11.9. The van der Waals surface area contributed by atoms with E-state index in [1.807, 2.05) is 35.2 Å². The number of nitrogens with two attached hydrogens (primary N) is 1. The molecule has 7 heteroatoms. The Morgan fingerprint density at radius 2 is 1.82 bits per heavy atom. The fraction of sp³-hybridized carbons (Fsp3) is 0.467. The molecule has 1 fully saturated rings. The van der Waals surface area contributed by atoms with Crippen molar-refractivity contribution in [2.75, 3.05) is 25.0 Å². The van der Waals surface area contributed by atoms with Gasteiger partial charge in [0.15, 0.2) is 0 Å². The van der Waals surface area contributed by atoms with E-state index >= 15 is 0 Å². The van der Waals surface area contributed by atoms with Crippen LogP contribution in [-0.4, -0.2) is 42.5 Å². The first-order chi connectivity index (χ1) is 10.2. The molecule has 0 unspecified atom stereocenters. The lowest BCUT2D eigenvalue weighted by Gasteiger charge is -2.32. The van der Waals surface area contributed by atoms with Crippen molar-refractivity contribution in [3.05, 3.63) is 30.3 Å². The number of para-hydroxylation sites is 1. The Bertz CT molecular complexity index is 476. The van der Waals surface area contributed by atoms with Gasteiger partial charge in [-0.05, 0) is 25.0 Å². The molecule has 0 aromatic heterocycles. The summed E-state index contributed by atoms with van der Waals surface area (Å²) in [4.78, 5) is 25.4. The number of carbonyl (C=O) groups is 2. The highest BCUT2D eigenvalue weighted by Gasteiger charge is 2.23. The summed E-state index contributed by atoms with van der Waals surface area (Å²) in [7, 11) is 0. The monoisotopic (exact) mass is 326 g/mol. The van der Waals surface area contributed by atoms with Crippen LogP contribution in [0.4, 0.5) is 10.5 Å². The maximum absolute atomic E-state index is 11.9. The average molecular weight is 327 g/mol. The van der Waals surface area contributed by atoms with Gasteiger partial charge in [0.2, 0.25) is 5.91 Å². The zero-order chi connectivity index (χ0) is 15.1. The molecule has 1 aromatic carbocycles. The third kappa shape index (κ3) is 5.54. The van der Waals surface area contributed by atoms with Gasteiger partial charge >= 0.3 is 6.03 Å². The first-order valence-corrected chi connectivity index (χ1v) is 7.29. The normalized spacial score (nSPS) is 14.9. The first kappa shape index (κ1) is 18.3. The Labute approximate surface area is 136 Å². The van der Waals surface area contributed by atoms with E-state index in [-0.39, 0.29) is 30.4 Å². The molecule has 3 amide bonds. The SMILES string of the molecule is Cl.NCCC(=O)N1CCC(NC(=O)Nc2ccccc2)CC1. The lowest BCUT2D eigenvalue weighted by molar-refractivity contribution is -0.132. The van der Waals surface area contributed by atoms with Crippen molar-refractivity contribution in [3.8, 4) is 0 Å². The van der Waals surface area contributed by atoms with E-state index in [0.29, 0.717) is 26.1 Å². The molecule has 0 atom stereocenters. The molecular weight excluding hydrogens is 304 g/mol. The average Bonchev–Trinajstić information content (AvgIpc) is 2.49. The summed E-state index contributed by atoms with van der Waals surface area (Å²) in [5.41, 5.74) is 6.16. The van der Waals surface area contributed by atoms with Gasteiger partial charge in [-0.15, -0.1) is 12.4 Å². The Balaban J connectivity index is 0.00000242. The molecule has 1 heterocycles. The van der Waals surface area contributed by atoms with Crippen molar-refractivity contribution in [3.63, 3.8) is 0 Å². The molecule has 6 nitrogen and oxygen atoms in total. The molecule has 0 spiro atoms. The molecular formula is C15H23ClN4O2. The Morgan fingerprint density at radius 3 is 2.41 bits per heavy atom. The number of amides is 3. The van der Waals surface area contributed by atoms with Crippen LogP contribution in [0.2, 0.25) is 0 Å². The fourth-order valence-corrected chi connectivity index (χ4v) is 2.43. The number of rotatable bonds is 4. The van der Waals surface area contributed by atoms with Gasteiger partial charge in [0.1, 0.15) is 0 Å². The maximum Gasteiger partial charge on any atom is 0.319 e. The number of hydrogen-bond donors (Lipinski definition) is 3. The summed E-state index contributed by atoms with van der Waals surface area (Å²) in [5, 5.41) is 5.74. The Hall–Kier alpha value is -1.79. The number of urea groups is 1. The highest BCUT2D eigenvalue weighted by atomic mass is 35.5. The van der Waals surface area contributed by atoms with Crippen LogP contribution >= 0.6 is 12.4 Å². The zero-order valence-electron chi connectivity index (χ0n) is 12.5. The highest BCUT2D eigenvalue weighted by molar-refractivity contribution is 5.89. The van der Waals surface area contributed by atoms with Crippen LogP contribution in [0.3, 0.4) is 0 Å². The first-order valence-electron chi connectivity index (χ1n) is 7.29. The van der Waals surface area contributed by atoms with Gasteiger partial charge < -0.3 is 21.3 Å². The predicted octanol–water partition coefficient (Wildman–Crippen LogP) is 1.57. The Kier molecular flexibility index (Phi) is 7.70. The van der Waals surface area contributed by atoms with Crippen LogP contribution in [0.15, 0.2) is 30.3 Å². The minimum absolute atomic E-state index is 0. The number of likely N-dealkylation sites (tertiary alicyclic amines) is 1. The molecule has 0 bridgehead atoms. The third-order valence-electron chi connectivity index (χ3n) is 3.57. The number of hydrogen-bond acceptors (Lipinski definition) is 3. The molecule has 4 N–H and O–H groups in total. The summed E-state index contributed by atoms with van der Waals surface area (Å²) in [6, 6.07) is 9.23. The lowest BCUT2D eigenvalue weighted by Crippen LogP contribution is -2.47. The number of nitrogens with one attached hydrogen (secondary N) is 2. The van der Waals surface area contributed by atoms with E-state index < -0.39 is 0 Å². The summed E-state index contributed by atoms with van der Waals surface area (Å²) >= 11 is 0. The van der Waals surface area contributed by atoms with Crippen LogP contribution in [0.5, 0.6) is 0 Å². The number of nitrogens with zero attached hydrogens (tertiary/aromatic N) is 1. The minimum atomic E-state index is -0.201. The minimum Gasteiger partial charge on any atom is -0.343 e. The number of benzene rings is 1. The molecule has 122 valence electrons. The number of carbonyl (C=O) groups excluding carboxylic acids is 2. The van der Waals surface area contributed by atoms with E-state index in [1.54, 1.807) is 0 Å². The molecule has 2 rings (SSSR count). The van der Waals surface area contributed by atoms with E-state index in [1.165, 1.54) is 0 Å². The molecule has 0 saturated carbocycles. The molecule has 1 aliphatic heterocycles. The van der Waals surface area contributed by atoms with E-state index in [0.717, 1.165) is 18.5 Å². The molecule has 1 aromatic rings. The summed E-state index contributed by atoms with van der Waals surface area (Å²) in [6.07, 6.45) is 1.95. The second kappa shape index (κ2) is 9.27. The number of halogens is 1. The van der Waals surface area contributed by atoms with Crippen LogP contribution in [0.1, 0.15) is 19.3 Å². The Morgan fingerprint density at radius 1 is 1.18 bits per heavy atom. The molecule has 22 heavy (non-hydrogen) atoms. The van der Waals surface area contributed by atoms with Gasteiger partial charge in [0.05, 0.1) is 0 Å². The third-order valence-corrected chi connectivity index (χ3v) is 3.57. The van der Waals surface area contributed by atoms with E-state index in [9.17, 15) is 9.59 Å². The number of anilines is 1. The largest absolute Gasteiger partial charge is 0.343 e. The smallest absolute Gasteiger partial charge is 0.319 e. The molecule has 1 aliphatic rings. The van der Waals surface area contributed by atoms with Gasteiger partial charge in [-0.25, -0.2) is 4.79 Å². The zero-order valence-corrected chi connectivity index (χ0v) is 13.3. The van der Waals surface area contributed by atoms with Gasteiger partial charge in [0.25, 0.3) is 0 Å². The van der Waals surface area contributed by atoms with Crippen LogP contribution < -0.4 is 16.4 Å². The van der Waals surface area contributed by atoms with Crippen molar-refractivity contribution in [2.45, 2.75) is 25.3 Å². The van der Waals surface area contributed by atoms with Crippen molar-refractivity contribution in [1.29, 1.82) is 0 Å². The second-order valence-electron chi connectivity index (χ2n) is 5.16. The summed E-state index contributed by atoms with van der Waals surface area (Å²) < 4.78 is 0. The fourth-order valence-electron chi connectivity index (χ4n) is 2.43. The topological polar surface area (TPSA) is 87.5 Å². The second-order valence-corrected chi connectivity index (χ2v) is 5.16. The summed E-state index contributed by atoms with van der Waals surface area (Å²) in [5.74, 6) is 0.102. The standard InChI is InChI=1S/C15H22N4O2.ClH/c16-9-6-14(20)19-10-7-13(8-11-19)18-15(21)17-12-4-2-1-3-5-12;/h1-5,13H,6-11,16H2,(H2,17,18,21);1H. The van der Waals surface area contributed by atoms with Crippen molar-refractivity contribution in [1.82, 2.24) is 10.2 Å². The van der Waals surface area contributed by atoms with Crippen LogP contribution in [0, 0.1) is 0 Å². The summed E-state index contributed by atoms with van der Waals surface area (Å²) in [6.45, 7) is 1.74.